The van der Waals surface area contributed by atoms with Crippen molar-refractivity contribution in [3.05, 3.63) is 12.2 Å². The van der Waals surface area contributed by atoms with Crippen LogP contribution in [-0.2, 0) is 4.43 Å². The smallest absolute Gasteiger partial charge is 0.184 e. The van der Waals surface area contributed by atoms with Crippen LogP contribution in [0.3, 0.4) is 0 Å². The van der Waals surface area contributed by atoms with E-state index < -0.39 is 8.32 Å². The first-order valence-corrected chi connectivity index (χ1v) is 9.21. The van der Waals surface area contributed by atoms with Gasteiger partial charge < -0.3 is 4.43 Å². The minimum Gasteiger partial charge on any atom is -0.411 e. The van der Waals surface area contributed by atoms with Gasteiger partial charge in [0.15, 0.2) is 8.32 Å². The molecule has 0 amide bonds. The molecular formula is C13H24OSi. The number of terminal acetylenes is 1. The third-order valence-electron chi connectivity index (χ3n) is 2.00. The van der Waals surface area contributed by atoms with Gasteiger partial charge in [-0.2, -0.15) is 0 Å². The van der Waals surface area contributed by atoms with E-state index in [0.29, 0.717) is 0 Å². The van der Waals surface area contributed by atoms with E-state index in [1.54, 1.807) is 6.08 Å². The zero-order chi connectivity index (χ0) is 11.7. The first kappa shape index (κ1) is 14.5. The summed E-state index contributed by atoms with van der Waals surface area (Å²) in [7, 11) is -1.45. The third-order valence-corrected chi connectivity index (χ3v) is 3.01. The Morgan fingerprint density at radius 2 is 2.00 bits per heavy atom. The third kappa shape index (κ3) is 9.77. The minimum atomic E-state index is -1.45. The molecule has 0 aliphatic heterocycles. The van der Waals surface area contributed by atoms with Crippen molar-refractivity contribution < 1.29 is 4.43 Å². The lowest BCUT2D eigenvalue weighted by Crippen LogP contribution is -2.31. The Labute approximate surface area is 96.0 Å². The predicted molar refractivity (Wildman–Crippen MR) is 70.3 cm³/mol. The molecule has 0 aliphatic rings. The van der Waals surface area contributed by atoms with Crippen LogP contribution in [0.2, 0.25) is 19.6 Å². The second-order valence-electron chi connectivity index (χ2n) is 4.79. The Morgan fingerprint density at radius 3 is 2.47 bits per heavy atom. The van der Waals surface area contributed by atoms with Crippen LogP contribution in [-0.4, -0.2) is 14.4 Å². The van der Waals surface area contributed by atoms with E-state index >= 15 is 0 Å². The van der Waals surface area contributed by atoms with Crippen LogP contribution in [0.1, 0.15) is 32.6 Å². The van der Waals surface area contributed by atoms with Crippen molar-refractivity contribution >= 4 is 8.32 Å². The van der Waals surface area contributed by atoms with Crippen molar-refractivity contribution in [3.63, 3.8) is 0 Å². The van der Waals surface area contributed by atoms with Crippen LogP contribution >= 0.6 is 0 Å². The molecule has 0 aromatic rings. The van der Waals surface area contributed by atoms with E-state index in [4.69, 9.17) is 10.8 Å². The van der Waals surface area contributed by atoms with Crippen LogP contribution in [0.5, 0.6) is 0 Å². The summed E-state index contributed by atoms with van der Waals surface area (Å²) < 4.78 is 6.04. The summed E-state index contributed by atoms with van der Waals surface area (Å²) in [6.07, 6.45) is 14.1. The maximum Gasteiger partial charge on any atom is 0.184 e. The molecule has 0 bridgehead atoms. The van der Waals surface area contributed by atoms with Crippen LogP contribution < -0.4 is 0 Å². The van der Waals surface area contributed by atoms with Gasteiger partial charge in [-0.15, -0.1) is 6.42 Å². The maximum atomic E-state index is 6.04. The summed E-state index contributed by atoms with van der Waals surface area (Å²) in [5.74, 6) is 2.53. The molecule has 0 unspecified atom stereocenters. The number of hydrogen-bond acceptors (Lipinski definition) is 1. The van der Waals surface area contributed by atoms with Gasteiger partial charge in [-0.25, -0.2) is 0 Å². The Balaban J connectivity index is 4.08. The SMILES string of the molecule is C#C/C=C/[C@@H](CCCCC)O[Si](C)(C)C. The van der Waals surface area contributed by atoms with Crippen LogP contribution in [0, 0.1) is 12.3 Å². The van der Waals surface area contributed by atoms with Crippen molar-refractivity contribution in [1.29, 1.82) is 0 Å². The zero-order valence-corrected chi connectivity index (χ0v) is 11.5. The molecule has 0 heterocycles. The molecular weight excluding hydrogens is 200 g/mol. The number of allylic oxidation sites excluding steroid dienone is 1. The van der Waals surface area contributed by atoms with Crippen molar-refractivity contribution in [2.24, 2.45) is 0 Å². The molecule has 0 aliphatic carbocycles. The van der Waals surface area contributed by atoms with E-state index in [-0.39, 0.29) is 6.10 Å². The molecule has 1 atom stereocenters. The molecule has 86 valence electrons. The second kappa shape index (κ2) is 7.73. The summed E-state index contributed by atoms with van der Waals surface area (Å²) in [6.45, 7) is 8.85. The van der Waals surface area contributed by atoms with Crippen molar-refractivity contribution in [2.45, 2.75) is 58.4 Å². The Kier molecular flexibility index (Phi) is 7.46. The largest absolute Gasteiger partial charge is 0.411 e. The van der Waals surface area contributed by atoms with Crippen molar-refractivity contribution in [2.75, 3.05) is 0 Å². The van der Waals surface area contributed by atoms with E-state index in [2.05, 4.69) is 32.5 Å². The van der Waals surface area contributed by atoms with Gasteiger partial charge in [0, 0.05) is 0 Å². The topological polar surface area (TPSA) is 9.23 Å². The lowest BCUT2D eigenvalue weighted by atomic mass is 10.1. The van der Waals surface area contributed by atoms with Gasteiger partial charge in [0.25, 0.3) is 0 Å². The summed E-state index contributed by atoms with van der Waals surface area (Å²) in [6, 6.07) is 0. The molecule has 2 heteroatoms. The maximum absolute atomic E-state index is 6.04. The van der Waals surface area contributed by atoms with E-state index in [1.165, 1.54) is 19.3 Å². The highest BCUT2D eigenvalue weighted by Crippen LogP contribution is 2.14. The molecule has 0 aromatic carbocycles. The van der Waals surface area contributed by atoms with Gasteiger partial charge in [0.1, 0.15) is 0 Å². The Morgan fingerprint density at radius 1 is 1.33 bits per heavy atom. The van der Waals surface area contributed by atoms with E-state index in [0.717, 1.165) is 6.42 Å². The minimum absolute atomic E-state index is 0.222. The zero-order valence-electron chi connectivity index (χ0n) is 10.5. The van der Waals surface area contributed by atoms with Gasteiger partial charge in [-0.05, 0) is 38.2 Å². The Bertz CT molecular complexity index is 220. The Hall–Kier alpha value is -0.523. The van der Waals surface area contributed by atoms with Gasteiger partial charge in [0.2, 0.25) is 0 Å². The molecule has 0 aromatic heterocycles. The highest BCUT2D eigenvalue weighted by molar-refractivity contribution is 6.69. The highest BCUT2D eigenvalue weighted by Gasteiger charge is 2.18. The van der Waals surface area contributed by atoms with E-state index in [1.807, 2.05) is 6.08 Å². The van der Waals surface area contributed by atoms with Crippen molar-refractivity contribution in [1.82, 2.24) is 0 Å². The van der Waals surface area contributed by atoms with Crippen LogP contribution in [0.25, 0.3) is 0 Å². The molecule has 0 radical (unpaired) electrons. The lowest BCUT2D eigenvalue weighted by Gasteiger charge is -2.24. The monoisotopic (exact) mass is 224 g/mol. The lowest BCUT2D eigenvalue weighted by molar-refractivity contribution is 0.227. The molecule has 0 N–H and O–H groups in total. The molecule has 0 fully saturated rings. The second-order valence-corrected chi connectivity index (χ2v) is 9.25. The molecule has 1 nitrogen and oxygen atoms in total. The fraction of sp³-hybridized carbons (Fsp3) is 0.692. The van der Waals surface area contributed by atoms with Crippen molar-refractivity contribution in [3.8, 4) is 12.3 Å². The quantitative estimate of drug-likeness (QED) is 0.361. The number of rotatable bonds is 7. The van der Waals surface area contributed by atoms with Crippen LogP contribution in [0.15, 0.2) is 12.2 Å². The van der Waals surface area contributed by atoms with Gasteiger partial charge in [0.05, 0.1) is 6.10 Å². The van der Waals surface area contributed by atoms with E-state index in [9.17, 15) is 0 Å². The highest BCUT2D eigenvalue weighted by atomic mass is 28.4. The molecule has 0 saturated heterocycles. The average Bonchev–Trinajstić information content (AvgIpc) is 2.12. The van der Waals surface area contributed by atoms with Gasteiger partial charge >= 0.3 is 0 Å². The number of unbranched alkanes of at least 4 members (excludes halogenated alkanes) is 2. The summed E-state index contributed by atoms with van der Waals surface area (Å²) in [4.78, 5) is 0. The fourth-order valence-electron chi connectivity index (χ4n) is 1.41. The van der Waals surface area contributed by atoms with Gasteiger partial charge in [-0.1, -0.05) is 32.1 Å². The van der Waals surface area contributed by atoms with Gasteiger partial charge in [-0.3, -0.25) is 0 Å². The average molecular weight is 224 g/mol. The fourth-order valence-corrected chi connectivity index (χ4v) is 2.51. The normalized spacial score (nSPS) is 14.1. The molecule has 0 saturated carbocycles. The molecule has 15 heavy (non-hydrogen) atoms. The number of hydrogen-bond donors (Lipinski definition) is 0. The molecule has 0 rings (SSSR count). The van der Waals surface area contributed by atoms with Crippen LogP contribution in [0.4, 0.5) is 0 Å². The summed E-state index contributed by atoms with van der Waals surface area (Å²) >= 11 is 0. The molecule has 0 spiro atoms. The summed E-state index contributed by atoms with van der Waals surface area (Å²) in [5, 5.41) is 0. The predicted octanol–water partition coefficient (Wildman–Crippen LogP) is 3.98. The standard InChI is InChI=1S/C13H24OSi/c1-6-8-10-12-13(11-9-7-2)14-15(3,4)5/h2,9,11,13H,6,8,10,12H2,1,3-5H3/b11-9+/t13-/m0/s1. The first-order valence-electron chi connectivity index (χ1n) is 5.80. The summed E-state index contributed by atoms with van der Waals surface area (Å²) in [5.41, 5.74) is 0. The first-order chi connectivity index (χ1) is 6.99.